The molecule has 0 spiro atoms. The molecule has 1 aliphatic heterocycles. The van der Waals surface area contributed by atoms with E-state index in [-0.39, 0.29) is 5.91 Å². The molecule has 3 aromatic rings. The third kappa shape index (κ3) is 3.03. The molecular weight excluding hydrogens is 365 g/mol. The lowest BCUT2D eigenvalue weighted by molar-refractivity contribution is -0.110. The van der Waals surface area contributed by atoms with Gasteiger partial charge < -0.3 is 5.32 Å². The van der Waals surface area contributed by atoms with E-state index in [9.17, 15) is 4.79 Å². The van der Waals surface area contributed by atoms with Crippen molar-refractivity contribution in [2.24, 2.45) is 0 Å². The van der Waals surface area contributed by atoms with E-state index in [0.29, 0.717) is 15.6 Å². The van der Waals surface area contributed by atoms with Crippen molar-refractivity contribution in [3.63, 3.8) is 0 Å². The molecule has 0 fully saturated rings. The van der Waals surface area contributed by atoms with Crippen LogP contribution in [0.15, 0.2) is 60.7 Å². The van der Waals surface area contributed by atoms with Crippen molar-refractivity contribution in [1.29, 1.82) is 0 Å². The summed E-state index contributed by atoms with van der Waals surface area (Å²) in [5.41, 5.74) is 6.09. The van der Waals surface area contributed by atoms with Crippen molar-refractivity contribution in [1.82, 2.24) is 0 Å². The lowest BCUT2D eigenvalue weighted by atomic mass is 9.98. The zero-order valence-corrected chi connectivity index (χ0v) is 15.5. The second-order valence-electron chi connectivity index (χ2n) is 6.25. The molecule has 1 heterocycles. The summed E-state index contributed by atoms with van der Waals surface area (Å²) >= 11 is 12.5. The Balaban J connectivity index is 1.82. The van der Waals surface area contributed by atoms with E-state index in [1.807, 2.05) is 61.5 Å². The van der Waals surface area contributed by atoms with Gasteiger partial charge in [0.1, 0.15) is 0 Å². The maximum Gasteiger partial charge on any atom is 0.256 e. The Morgan fingerprint density at radius 1 is 0.885 bits per heavy atom. The van der Waals surface area contributed by atoms with Gasteiger partial charge in [-0.3, -0.25) is 4.79 Å². The molecule has 4 heteroatoms. The average molecular weight is 380 g/mol. The monoisotopic (exact) mass is 379 g/mol. The van der Waals surface area contributed by atoms with E-state index >= 15 is 0 Å². The largest absolute Gasteiger partial charge is 0.321 e. The Bertz CT molecular complexity index is 1030. The number of amides is 1. The number of rotatable bonds is 2. The van der Waals surface area contributed by atoms with Gasteiger partial charge in [-0.05, 0) is 59.5 Å². The first kappa shape index (κ1) is 16.9. The smallest absolute Gasteiger partial charge is 0.256 e. The quantitative estimate of drug-likeness (QED) is 0.508. The van der Waals surface area contributed by atoms with Gasteiger partial charge in [-0.25, -0.2) is 0 Å². The van der Waals surface area contributed by atoms with Gasteiger partial charge in [-0.1, -0.05) is 59.6 Å². The van der Waals surface area contributed by atoms with Crippen molar-refractivity contribution >= 4 is 46.4 Å². The van der Waals surface area contributed by atoms with Crippen LogP contribution in [-0.4, -0.2) is 5.91 Å². The van der Waals surface area contributed by atoms with Crippen LogP contribution in [0.25, 0.3) is 22.8 Å². The van der Waals surface area contributed by atoms with E-state index < -0.39 is 0 Å². The minimum absolute atomic E-state index is 0.127. The van der Waals surface area contributed by atoms with Gasteiger partial charge in [0.25, 0.3) is 5.91 Å². The van der Waals surface area contributed by atoms with Crippen LogP contribution in [0.1, 0.15) is 16.7 Å². The number of hydrogen-bond acceptors (Lipinski definition) is 1. The number of hydrogen-bond donors (Lipinski definition) is 1. The highest BCUT2D eigenvalue weighted by Gasteiger charge is 2.24. The summed E-state index contributed by atoms with van der Waals surface area (Å²) in [5.74, 6) is -0.127. The van der Waals surface area contributed by atoms with Gasteiger partial charge in [0.15, 0.2) is 0 Å². The van der Waals surface area contributed by atoms with Crippen LogP contribution >= 0.6 is 23.2 Å². The Kier molecular flexibility index (Phi) is 4.31. The summed E-state index contributed by atoms with van der Waals surface area (Å²) in [4.78, 5) is 12.5. The number of halogens is 2. The summed E-state index contributed by atoms with van der Waals surface area (Å²) in [6, 6.07) is 19.7. The highest BCUT2D eigenvalue weighted by Crippen LogP contribution is 2.37. The van der Waals surface area contributed by atoms with E-state index in [2.05, 4.69) is 17.4 Å². The van der Waals surface area contributed by atoms with Crippen LogP contribution in [0.4, 0.5) is 5.69 Å². The molecule has 26 heavy (non-hydrogen) atoms. The van der Waals surface area contributed by atoms with Gasteiger partial charge in [-0.2, -0.15) is 0 Å². The second kappa shape index (κ2) is 6.64. The number of carbonyl (C=O) groups excluding carboxylic acids is 1. The molecule has 1 aliphatic rings. The molecule has 0 saturated carbocycles. The molecule has 2 nitrogen and oxygen atoms in total. The minimum atomic E-state index is -0.127. The van der Waals surface area contributed by atoms with Crippen molar-refractivity contribution in [3.05, 3.63) is 87.4 Å². The summed E-state index contributed by atoms with van der Waals surface area (Å²) in [6.45, 7) is 1.87. The third-order valence-electron chi connectivity index (χ3n) is 4.52. The predicted octanol–water partition coefficient (Wildman–Crippen LogP) is 6.46. The fourth-order valence-electron chi connectivity index (χ4n) is 3.06. The first-order chi connectivity index (χ1) is 12.5. The van der Waals surface area contributed by atoms with Crippen LogP contribution in [-0.2, 0) is 4.79 Å². The van der Waals surface area contributed by atoms with Crippen molar-refractivity contribution in [3.8, 4) is 11.1 Å². The fourth-order valence-corrected chi connectivity index (χ4v) is 3.56. The molecular formula is C22H15Cl2NO. The molecule has 1 N–H and O–H groups in total. The first-order valence-corrected chi connectivity index (χ1v) is 8.97. The zero-order chi connectivity index (χ0) is 18.3. The van der Waals surface area contributed by atoms with Crippen LogP contribution < -0.4 is 5.32 Å². The number of nitrogens with one attached hydrogen (secondary N) is 1. The summed E-state index contributed by atoms with van der Waals surface area (Å²) in [5, 5.41) is 4.08. The van der Waals surface area contributed by atoms with Gasteiger partial charge in [0.2, 0.25) is 0 Å². The van der Waals surface area contributed by atoms with Crippen molar-refractivity contribution in [2.45, 2.75) is 6.92 Å². The molecule has 1 amide bonds. The number of fused-ring (bicyclic) bond motifs is 1. The third-order valence-corrected chi connectivity index (χ3v) is 5.31. The molecule has 4 rings (SSSR count). The molecule has 0 aliphatic carbocycles. The molecule has 128 valence electrons. The number of anilines is 1. The lowest BCUT2D eigenvalue weighted by Gasteiger charge is -2.06. The van der Waals surface area contributed by atoms with E-state index in [4.69, 9.17) is 23.2 Å². The molecule has 0 radical (unpaired) electrons. The fraction of sp³-hybridized carbons (Fsp3) is 0.0455. The van der Waals surface area contributed by atoms with Crippen LogP contribution in [0.3, 0.4) is 0 Å². The van der Waals surface area contributed by atoms with Gasteiger partial charge in [-0.15, -0.1) is 0 Å². The topological polar surface area (TPSA) is 29.1 Å². The van der Waals surface area contributed by atoms with Crippen LogP contribution in [0, 0.1) is 6.92 Å². The Labute approximate surface area is 162 Å². The summed E-state index contributed by atoms with van der Waals surface area (Å²) in [6.07, 6.45) is 1.83. The van der Waals surface area contributed by atoms with Crippen LogP contribution in [0.2, 0.25) is 10.0 Å². The Hall–Kier alpha value is -2.55. The Morgan fingerprint density at radius 3 is 2.27 bits per heavy atom. The summed E-state index contributed by atoms with van der Waals surface area (Å²) in [7, 11) is 0. The van der Waals surface area contributed by atoms with Gasteiger partial charge in [0, 0.05) is 26.9 Å². The molecule has 0 aromatic heterocycles. The number of benzene rings is 3. The second-order valence-corrected chi connectivity index (χ2v) is 7.06. The highest BCUT2D eigenvalue weighted by atomic mass is 35.5. The predicted molar refractivity (Wildman–Crippen MR) is 110 cm³/mol. The molecule has 0 saturated heterocycles. The van der Waals surface area contributed by atoms with Crippen LogP contribution in [0.5, 0.6) is 0 Å². The summed E-state index contributed by atoms with van der Waals surface area (Å²) < 4.78 is 0. The molecule has 3 aromatic carbocycles. The molecule has 0 unspecified atom stereocenters. The lowest BCUT2D eigenvalue weighted by Crippen LogP contribution is -2.03. The van der Waals surface area contributed by atoms with E-state index in [0.717, 1.165) is 33.5 Å². The zero-order valence-electron chi connectivity index (χ0n) is 14.0. The minimum Gasteiger partial charge on any atom is -0.321 e. The molecule has 0 atom stereocenters. The van der Waals surface area contributed by atoms with Gasteiger partial charge in [0.05, 0.1) is 0 Å². The molecule has 0 bridgehead atoms. The van der Waals surface area contributed by atoms with Crippen molar-refractivity contribution < 1.29 is 4.79 Å². The van der Waals surface area contributed by atoms with E-state index in [1.165, 1.54) is 0 Å². The van der Waals surface area contributed by atoms with Crippen molar-refractivity contribution in [2.75, 3.05) is 5.32 Å². The van der Waals surface area contributed by atoms with E-state index in [1.54, 1.807) is 0 Å². The maximum absolute atomic E-state index is 12.5. The Morgan fingerprint density at radius 2 is 1.58 bits per heavy atom. The highest BCUT2D eigenvalue weighted by molar-refractivity contribution is 6.37. The standard InChI is InChI=1S/C22H15Cl2NO/c1-13-19(23)10-14(11-20(13)24)9-18-17-12-16(15-5-3-2-4-6-15)7-8-21(17)25-22(18)26/h2-12H,1H3,(H,25,26)/b18-9-. The first-order valence-electron chi connectivity index (χ1n) is 8.21. The maximum atomic E-state index is 12.5. The average Bonchev–Trinajstić information content (AvgIpc) is 2.95. The number of carbonyl (C=O) groups is 1. The SMILES string of the molecule is Cc1c(Cl)cc(/C=C2\C(=O)Nc3ccc(-c4ccccc4)cc32)cc1Cl. The normalized spacial score (nSPS) is 14.4. The van der Waals surface area contributed by atoms with Gasteiger partial charge >= 0.3 is 0 Å².